The zero-order chi connectivity index (χ0) is 19.2. The molecule has 3 aromatic rings. The highest BCUT2D eigenvalue weighted by Gasteiger charge is 2.13. The number of carbonyl (C=O) groups excluding carboxylic acids is 2. The molecule has 3 rings (SSSR count). The van der Waals surface area contributed by atoms with Crippen molar-refractivity contribution in [2.75, 3.05) is 13.1 Å². The fourth-order valence-corrected chi connectivity index (χ4v) is 3.66. The molecule has 0 aliphatic rings. The average Bonchev–Trinajstić information content (AvgIpc) is 3.09. The maximum Gasteiger partial charge on any atom is 0.239 e. The fourth-order valence-electron chi connectivity index (χ4n) is 2.61. The average molecular weight is 386 g/mol. The summed E-state index contributed by atoms with van der Waals surface area (Å²) in [6, 6.07) is 15.5. The van der Waals surface area contributed by atoms with E-state index in [-0.39, 0.29) is 25.4 Å². The molecule has 0 fully saturated rings. The Bertz CT molecular complexity index is 924. The second-order valence-electron chi connectivity index (χ2n) is 6.09. The highest BCUT2D eigenvalue weighted by molar-refractivity contribution is 7.19. The van der Waals surface area contributed by atoms with Crippen molar-refractivity contribution >= 4 is 33.2 Å². The quantitative estimate of drug-likeness (QED) is 0.584. The number of benzene rings is 2. The topological polar surface area (TPSA) is 78.4 Å². The summed E-state index contributed by atoms with van der Waals surface area (Å²) in [5, 5.41) is 16.4. The number of nitrogens with one attached hydrogen (secondary N) is 2. The van der Waals surface area contributed by atoms with Gasteiger partial charge < -0.3 is 15.7 Å². The Balaban J connectivity index is 1.43. The van der Waals surface area contributed by atoms with Gasteiger partial charge >= 0.3 is 0 Å². The first-order valence-electron chi connectivity index (χ1n) is 8.45. The number of aliphatic hydroxyl groups is 1. The van der Waals surface area contributed by atoms with Crippen molar-refractivity contribution in [3.63, 3.8) is 0 Å². The van der Waals surface area contributed by atoms with Gasteiger partial charge in [0.1, 0.15) is 11.9 Å². The monoisotopic (exact) mass is 386 g/mol. The summed E-state index contributed by atoms with van der Waals surface area (Å²) in [4.78, 5) is 24.5. The van der Waals surface area contributed by atoms with E-state index in [9.17, 15) is 19.1 Å². The molecule has 0 bridgehead atoms. The van der Waals surface area contributed by atoms with Crippen LogP contribution in [-0.4, -0.2) is 30.0 Å². The first-order valence-corrected chi connectivity index (χ1v) is 9.27. The molecule has 27 heavy (non-hydrogen) atoms. The standard InChI is InChI=1S/C20H19FN2O3S/c21-15-6-3-4-13(8-15)9-19(25)23-12-20(26)22-11-16(24)18-10-14-5-1-2-7-17(14)27-18/h1-8,10,16,24H,9,11-12H2,(H,22,26)(H,23,25). The highest BCUT2D eigenvalue weighted by atomic mass is 32.1. The lowest BCUT2D eigenvalue weighted by Gasteiger charge is -2.11. The van der Waals surface area contributed by atoms with Crippen molar-refractivity contribution < 1.29 is 19.1 Å². The molecule has 0 spiro atoms. The number of hydrogen-bond donors (Lipinski definition) is 3. The van der Waals surface area contributed by atoms with E-state index in [1.54, 1.807) is 6.07 Å². The summed E-state index contributed by atoms with van der Waals surface area (Å²) in [6.07, 6.45) is -0.815. The van der Waals surface area contributed by atoms with Crippen molar-refractivity contribution in [1.29, 1.82) is 0 Å². The lowest BCUT2D eigenvalue weighted by atomic mass is 10.1. The third-order valence-electron chi connectivity index (χ3n) is 3.97. The minimum atomic E-state index is -0.811. The molecule has 0 aliphatic carbocycles. The van der Waals surface area contributed by atoms with Crippen LogP contribution in [0.1, 0.15) is 16.5 Å². The van der Waals surface area contributed by atoms with Crippen molar-refractivity contribution in [3.05, 3.63) is 70.9 Å². The molecule has 2 amide bonds. The Kier molecular flexibility index (Phi) is 6.16. The normalized spacial score (nSPS) is 11.9. The Hall–Kier alpha value is -2.77. The Morgan fingerprint density at radius 3 is 2.63 bits per heavy atom. The maximum atomic E-state index is 13.1. The van der Waals surface area contributed by atoms with Gasteiger partial charge in [0.15, 0.2) is 0 Å². The van der Waals surface area contributed by atoms with Gasteiger partial charge in [-0.2, -0.15) is 0 Å². The van der Waals surface area contributed by atoms with E-state index in [0.29, 0.717) is 5.56 Å². The van der Waals surface area contributed by atoms with Crippen molar-refractivity contribution in [1.82, 2.24) is 10.6 Å². The van der Waals surface area contributed by atoms with Gasteiger partial charge in [-0.3, -0.25) is 9.59 Å². The summed E-state index contributed by atoms with van der Waals surface area (Å²) >= 11 is 1.48. The lowest BCUT2D eigenvalue weighted by Crippen LogP contribution is -2.39. The number of amides is 2. The van der Waals surface area contributed by atoms with Crippen LogP contribution in [0.5, 0.6) is 0 Å². The molecule has 2 aromatic carbocycles. The molecular weight excluding hydrogens is 367 g/mol. The summed E-state index contributed by atoms with van der Waals surface area (Å²) in [7, 11) is 0. The molecule has 1 atom stereocenters. The van der Waals surface area contributed by atoms with Crippen LogP contribution in [0.4, 0.5) is 4.39 Å². The summed E-state index contributed by atoms with van der Waals surface area (Å²) in [6.45, 7) is -0.140. The van der Waals surface area contributed by atoms with E-state index in [2.05, 4.69) is 10.6 Å². The molecule has 140 valence electrons. The third-order valence-corrected chi connectivity index (χ3v) is 5.18. The molecule has 5 nitrogen and oxygen atoms in total. The summed E-state index contributed by atoms with van der Waals surface area (Å²) in [5.41, 5.74) is 0.535. The number of halogens is 1. The van der Waals surface area contributed by atoms with Gasteiger partial charge in [0, 0.05) is 16.1 Å². The number of carbonyl (C=O) groups is 2. The Morgan fingerprint density at radius 1 is 1.04 bits per heavy atom. The van der Waals surface area contributed by atoms with Gasteiger partial charge in [-0.15, -0.1) is 11.3 Å². The molecule has 0 saturated carbocycles. The number of thiophene rings is 1. The Labute approximate surface area is 159 Å². The second-order valence-corrected chi connectivity index (χ2v) is 7.21. The number of fused-ring (bicyclic) bond motifs is 1. The van der Waals surface area contributed by atoms with Crippen LogP contribution < -0.4 is 10.6 Å². The van der Waals surface area contributed by atoms with Crippen molar-refractivity contribution in [3.8, 4) is 0 Å². The molecule has 1 heterocycles. The maximum absolute atomic E-state index is 13.1. The SMILES string of the molecule is O=C(CNC(=O)Cc1cccc(F)c1)NCC(O)c1cc2ccccc2s1. The summed E-state index contributed by atoms with van der Waals surface area (Å²) in [5.74, 6) is -1.18. The first-order chi connectivity index (χ1) is 13.0. The molecule has 0 saturated heterocycles. The lowest BCUT2D eigenvalue weighted by molar-refractivity contribution is -0.126. The van der Waals surface area contributed by atoms with Gasteiger partial charge in [0.25, 0.3) is 0 Å². The predicted molar refractivity (Wildman–Crippen MR) is 103 cm³/mol. The van der Waals surface area contributed by atoms with Crippen molar-refractivity contribution in [2.24, 2.45) is 0 Å². The van der Waals surface area contributed by atoms with Crippen LogP contribution in [0.15, 0.2) is 54.6 Å². The predicted octanol–water partition coefficient (Wildman–Crippen LogP) is 2.55. The van der Waals surface area contributed by atoms with E-state index >= 15 is 0 Å². The van der Waals surface area contributed by atoms with Crippen molar-refractivity contribution in [2.45, 2.75) is 12.5 Å². The summed E-state index contributed by atoms with van der Waals surface area (Å²) < 4.78 is 14.2. The van der Waals surface area contributed by atoms with Crippen LogP contribution in [0, 0.1) is 5.82 Å². The zero-order valence-corrected chi connectivity index (χ0v) is 15.3. The van der Waals surface area contributed by atoms with Gasteiger partial charge in [-0.05, 0) is 35.2 Å². The molecular formula is C20H19FN2O3S. The second kappa shape index (κ2) is 8.75. The number of aliphatic hydroxyl groups excluding tert-OH is 1. The van der Waals surface area contributed by atoms with E-state index in [4.69, 9.17) is 0 Å². The molecule has 0 radical (unpaired) electrons. The first kappa shape index (κ1) is 19.0. The van der Waals surface area contributed by atoms with Crippen LogP contribution in [0.25, 0.3) is 10.1 Å². The van der Waals surface area contributed by atoms with Crippen LogP contribution in [-0.2, 0) is 16.0 Å². The van der Waals surface area contributed by atoms with Gasteiger partial charge in [-0.25, -0.2) is 4.39 Å². The van der Waals surface area contributed by atoms with E-state index < -0.39 is 17.8 Å². The minimum Gasteiger partial charge on any atom is -0.386 e. The molecule has 3 N–H and O–H groups in total. The van der Waals surface area contributed by atoms with Gasteiger partial charge in [0.05, 0.1) is 13.0 Å². The molecule has 1 unspecified atom stereocenters. The van der Waals surface area contributed by atoms with E-state index in [0.717, 1.165) is 15.0 Å². The fraction of sp³-hybridized carbons (Fsp3) is 0.200. The molecule has 0 aliphatic heterocycles. The van der Waals surface area contributed by atoms with Crippen LogP contribution >= 0.6 is 11.3 Å². The van der Waals surface area contributed by atoms with E-state index in [1.807, 2.05) is 30.3 Å². The minimum absolute atomic E-state index is 0.00451. The Morgan fingerprint density at radius 2 is 1.85 bits per heavy atom. The molecule has 7 heteroatoms. The van der Waals surface area contributed by atoms with E-state index in [1.165, 1.54) is 29.5 Å². The van der Waals surface area contributed by atoms with Gasteiger partial charge in [0.2, 0.25) is 11.8 Å². The largest absolute Gasteiger partial charge is 0.386 e. The van der Waals surface area contributed by atoms with Crippen LogP contribution in [0.2, 0.25) is 0 Å². The van der Waals surface area contributed by atoms with Crippen LogP contribution in [0.3, 0.4) is 0 Å². The van der Waals surface area contributed by atoms with Gasteiger partial charge in [-0.1, -0.05) is 30.3 Å². The third kappa shape index (κ3) is 5.35. The number of rotatable bonds is 7. The smallest absolute Gasteiger partial charge is 0.239 e. The molecule has 1 aromatic heterocycles. The number of hydrogen-bond acceptors (Lipinski definition) is 4. The highest BCUT2D eigenvalue weighted by Crippen LogP contribution is 2.29. The zero-order valence-electron chi connectivity index (χ0n) is 14.4.